The number of piperidine rings is 1. The number of aromatic amines is 1. The van der Waals surface area contributed by atoms with Gasteiger partial charge < -0.3 is 10.1 Å². The number of anilines is 1. The normalized spacial score (nSPS) is 17.2. The van der Waals surface area contributed by atoms with Gasteiger partial charge in [-0.05, 0) is 55.8 Å². The number of hydrogen-bond donors (Lipinski definition) is 2. The summed E-state index contributed by atoms with van der Waals surface area (Å²) in [6.45, 7) is 2.10. The van der Waals surface area contributed by atoms with Crippen LogP contribution in [-0.2, 0) is 4.79 Å². The van der Waals surface area contributed by atoms with E-state index in [0.717, 1.165) is 48.9 Å². The second kappa shape index (κ2) is 8.67. The van der Waals surface area contributed by atoms with E-state index in [1.165, 1.54) is 6.33 Å². The van der Waals surface area contributed by atoms with Crippen LogP contribution in [0, 0.1) is 0 Å². The highest BCUT2D eigenvalue weighted by Crippen LogP contribution is 2.24. The maximum absolute atomic E-state index is 12.4. The Morgan fingerprint density at radius 1 is 1.14 bits per heavy atom. The fraction of sp³-hybridized carbons (Fsp3) is 0.286. The molecule has 2 N–H and O–H groups in total. The molecule has 1 fully saturated rings. The third-order valence-corrected chi connectivity index (χ3v) is 4.81. The van der Waals surface area contributed by atoms with Crippen LogP contribution in [0.25, 0.3) is 0 Å². The van der Waals surface area contributed by atoms with Crippen molar-refractivity contribution in [3.05, 3.63) is 66.7 Å². The zero-order valence-electron chi connectivity index (χ0n) is 15.5. The molecule has 0 aliphatic carbocycles. The highest BCUT2D eigenvalue weighted by molar-refractivity contribution is 5.92. The van der Waals surface area contributed by atoms with Crippen LogP contribution in [0.4, 0.5) is 5.69 Å². The average Bonchev–Trinajstić information content (AvgIpc) is 3.25. The SMILES string of the molecule is O=C(CN1CCC[C@@H](c2ncn[nH]2)C1)Nc1ccc(Oc2ccccc2)cc1. The van der Waals surface area contributed by atoms with E-state index in [-0.39, 0.29) is 5.91 Å². The Morgan fingerprint density at radius 3 is 2.68 bits per heavy atom. The van der Waals surface area contributed by atoms with Crippen molar-refractivity contribution in [2.75, 3.05) is 25.0 Å². The van der Waals surface area contributed by atoms with Gasteiger partial charge in [0, 0.05) is 18.2 Å². The number of nitrogens with one attached hydrogen (secondary N) is 2. The standard InChI is InChI=1S/C21H23N5O2/c27-20(14-26-12-4-5-16(13-26)21-22-15-23-25-21)24-17-8-10-19(11-9-17)28-18-6-2-1-3-7-18/h1-3,6-11,15-16H,4-5,12-14H2,(H,24,27)(H,22,23,25)/t16-/m1/s1. The zero-order chi connectivity index (χ0) is 19.2. The number of nitrogens with zero attached hydrogens (tertiary/aromatic N) is 3. The van der Waals surface area contributed by atoms with Gasteiger partial charge in [-0.1, -0.05) is 18.2 Å². The van der Waals surface area contributed by atoms with E-state index in [1.807, 2.05) is 54.6 Å². The summed E-state index contributed by atoms with van der Waals surface area (Å²) in [5, 5.41) is 9.83. The van der Waals surface area contributed by atoms with Crippen LogP contribution in [0.1, 0.15) is 24.6 Å². The minimum atomic E-state index is -0.0186. The topological polar surface area (TPSA) is 83.1 Å². The molecule has 1 saturated heterocycles. The molecule has 1 aromatic heterocycles. The first-order valence-corrected chi connectivity index (χ1v) is 9.47. The Morgan fingerprint density at radius 2 is 1.93 bits per heavy atom. The lowest BCUT2D eigenvalue weighted by atomic mass is 9.97. The summed E-state index contributed by atoms with van der Waals surface area (Å²) in [5.74, 6) is 2.70. The molecular weight excluding hydrogens is 354 g/mol. The number of benzene rings is 2. The van der Waals surface area contributed by atoms with Crippen molar-refractivity contribution in [3.8, 4) is 11.5 Å². The molecule has 1 amide bonds. The molecule has 0 saturated carbocycles. The molecule has 7 heteroatoms. The number of hydrogen-bond acceptors (Lipinski definition) is 5. The number of carbonyl (C=O) groups excluding carboxylic acids is 1. The van der Waals surface area contributed by atoms with Gasteiger partial charge in [0.25, 0.3) is 0 Å². The number of para-hydroxylation sites is 1. The fourth-order valence-corrected chi connectivity index (χ4v) is 3.47. The molecule has 0 unspecified atom stereocenters. The lowest BCUT2D eigenvalue weighted by Crippen LogP contribution is -2.40. The number of H-pyrrole nitrogens is 1. The summed E-state index contributed by atoms with van der Waals surface area (Å²) in [6.07, 6.45) is 3.65. The first-order valence-electron chi connectivity index (χ1n) is 9.47. The monoisotopic (exact) mass is 377 g/mol. The Labute approximate surface area is 163 Å². The van der Waals surface area contributed by atoms with Crippen LogP contribution < -0.4 is 10.1 Å². The van der Waals surface area contributed by atoms with E-state index in [1.54, 1.807) is 0 Å². The molecule has 0 spiro atoms. The van der Waals surface area contributed by atoms with Crippen LogP contribution in [0.15, 0.2) is 60.9 Å². The van der Waals surface area contributed by atoms with E-state index in [0.29, 0.717) is 12.5 Å². The highest BCUT2D eigenvalue weighted by Gasteiger charge is 2.24. The van der Waals surface area contributed by atoms with E-state index in [2.05, 4.69) is 25.4 Å². The molecule has 144 valence electrons. The second-order valence-electron chi connectivity index (χ2n) is 6.93. The number of carbonyl (C=O) groups is 1. The first kappa shape index (κ1) is 18.2. The molecule has 2 aromatic carbocycles. The van der Waals surface area contributed by atoms with Crippen molar-refractivity contribution >= 4 is 11.6 Å². The third-order valence-electron chi connectivity index (χ3n) is 4.81. The molecule has 4 rings (SSSR count). The molecule has 7 nitrogen and oxygen atoms in total. The van der Waals surface area contributed by atoms with Crippen LogP contribution in [0.3, 0.4) is 0 Å². The molecule has 0 bridgehead atoms. The summed E-state index contributed by atoms with van der Waals surface area (Å²) in [7, 11) is 0. The fourth-order valence-electron chi connectivity index (χ4n) is 3.47. The van der Waals surface area contributed by atoms with Gasteiger partial charge in [-0.15, -0.1) is 0 Å². The van der Waals surface area contributed by atoms with Crippen molar-refractivity contribution < 1.29 is 9.53 Å². The number of likely N-dealkylation sites (tertiary alicyclic amines) is 1. The second-order valence-corrected chi connectivity index (χ2v) is 6.93. The Bertz CT molecular complexity index is 881. The summed E-state index contributed by atoms with van der Waals surface area (Å²) < 4.78 is 5.77. The van der Waals surface area contributed by atoms with Crippen LogP contribution in [0.5, 0.6) is 11.5 Å². The molecule has 0 radical (unpaired) electrons. The smallest absolute Gasteiger partial charge is 0.238 e. The van der Waals surface area contributed by atoms with Crippen LogP contribution >= 0.6 is 0 Å². The average molecular weight is 377 g/mol. The molecule has 1 aliphatic heterocycles. The summed E-state index contributed by atoms with van der Waals surface area (Å²) >= 11 is 0. The zero-order valence-corrected chi connectivity index (χ0v) is 15.5. The van der Waals surface area contributed by atoms with Crippen LogP contribution in [-0.4, -0.2) is 45.6 Å². The van der Waals surface area contributed by atoms with Crippen molar-refractivity contribution in [3.63, 3.8) is 0 Å². The van der Waals surface area contributed by atoms with Gasteiger partial charge in [0.15, 0.2) is 0 Å². The predicted octanol–water partition coefficient (Wildman–Crippen LogP) is 3.42. The maximum atomic E-state index is 12.4. The Balaban J connectivity index is 1.28. The lowest BCUT2D eigenvalue weighted by Gasteiger charge is -2.30. The van der Waals surface area contributed by atoms with Crippen molar-refractivity contribution in [1.82, 2.24) is 20.1 Å². The number of amides is 1. The van der Waals surface area contributed by atoms with E-state index in [9.17, 15) is 4.79 Å². The van der Waals surface area contributed by atoms with Gasteiger partial charge in [0.05, 0.1) is 6.54 Å². The van der Waals surface area contributed by atoms with E-state index in [4.69, 9.17) is 4.74 Å². The highest BCUT2D eigenvalue weighted by atomic mass is 16.5. The van der Waals surface area contributed by atoms with E-state index >= 15 is 0 Å². The lowest BCUT2D eigenvalue weighted by molar-refractivity contribution is -0.117. The minimum absolute atomic E-state index is 0.0186. The number of ether oxygens (including phenoxy) is 1. The van der Waals surface area contributed by atoms with Gasteiger partial charge in [-0.2, -0.15) is 5.10 Å². The van der Waals surface area contributed by atoms with Gasteiger partial charge in [0.1, 0.15) is 23.7 Å². The number of aromatic nitrogens is 3. The quantitative estimate of drug-likeness (QED) is 0.688. The van der Waals surface area contributed by atoms with Crippen molar-refractivity contribution in [2.24, 2.45) is 0 Å². The van der Waals surface area contributed by atoms with Gasteiger partial charge >= 0.3 is 0 Å². The predicted molar refractivity (Wildman–Crippen MR) is 106 cm³/mol. The summed E-state index contributed by atoms with van der Waals surface area (Å²) in [5.41, 5.74) is 0.759. The van der Waals surface area contributed by atoms with Gasteiger partial charge in [-0.25, -0.2) is 4.98 Å². The van der Waals surface area contributed by atoms with Gasteiger partial charge in [0.2, 0.25) is 5.91 Å². The molecule has 2 heterocycles. The molecule has 28 heavy (non-hydrogen) atoms. The molecule has 1 aliphatic rings. The largest absolute Gasteiger partial charge is 0.457 e. The Hall–Kier alpha value is -3.19. The minimum Gasteiger partial charge on any atom is -0.457 e. The van der Waals surface area contributed by atoms with Crippen molar-refractivity contribution in [1.29, 1.82) is 0 Å². The summed E-state index contributed by atoms with van der Waals surface area (Å²) in [4.78, 5) is 18.8. The van der Waals surface area contributed by atoms with E-state index < -0.39 is 0 Å². The molecule has 1 atom stereocenters. The summed E-state index contributed by atoms with van der Waals surface area (Å²) in [6, 6.07) is 17.0. The maximum Gasteiger partial charge on any atom is 0.238 e. The van der Waals surface area contributed by atoms with Crippen LogP contribution in [0.2, 0.25) is 0 Å². The Kier molecular flexibility index (Phi) is 5.63. The number of rotatable bonds is 6. The van der Waals surface area contributed by atoms with Gasteiger partial charge in [-0.3, -0.25) is 14.8 Å². The molecule has 3 aromatic rings. The van der Waals surface area contributed by atoms with Crippen molar-refractivity contribution in [2.45, 2.75) is 18.8 Å². The first-order chi connectivity index (χ1) is 13.8. The molecular formula is C21H23N5O2. The third kappa shape index (κ3) is 4.75.